The van der Waals surface area contributed by atoms with E-state index in [-0.39, 0.29) is 39.0 Å². The molecule has 3 heterocycles. The summed E-state index contributed by atoms with van der Waals surface area (Å²) in [6.45, 7) is 25.0. The first-order valence-corrected chi connectivity index (χ1v) is 28.0. The van der Waals surface area contributed by atoms with Gasteiger partial charge in [-0.15, -0.1) is 0 Å². The molecule has 6 amide bonds. The van der Waals surface area contributed by atoms with Crippen LogP contribution in [0.15, 0.2) is 0 Å². The molecule has 5 aliphatic rings. The summed E-state index contributed by atoms with van der Waals surface area (Å²) in [6, 6.07) is -4.88. The number of alkyl carbamates (subject to hydrolysis) is 4. The van der Waals surface area contributed by atoms with Crippen molar-refractivity contribution in [1.82, 2.24) is 31.5 Å². The molecule has 80 heavy (non-hydrogen) atoms. The highest BCUT2D eigenvalue weighted by atomic mass is 16.8. The fourth-order valence-electron chi connectivity index (χ4n) is 9.88. The van der Waals surface area contributed by atoms with Crippen molar-refractivity contribution < 1.29 is 96.2 Å². The van der Waals surface area contributed by atoms with Crippen LogP contribution in [0.3, 0.4) is 0 Å². The van der Waals surface area contributed by atoms with Crippen LogP contribution in [-0.4, -0.2) is 203 Å². The van der Waals surface area contributed by atoms with E-state index in [2.05, 4.69) is 26.6 Å². The molecule has 5 fully saturated rings. The molecular formula is C54H94N6O20. The number of hydrogen-bond donors (Lipinski definition) is 8. The summed E-state index contributed by atoms with van der Waals surface area (Å²) in [6.07, 6.45) is -15.0. The summed E-state index contributed by atoms with van der Waals surface area (Å²) in [5.41, 5.74) is -4.51. The number of nitrogens with one attached hydrogen (secondary N) is 5. The Morgan fingerprint density at radius 2 is 1.11 bits per heavy atom. The number of rotatable bonds is 14. The second kappa shape index (κ2) is 26.8. The van der Waals surface area contributed by atoms with Gasteiger partial charge in [0, 0.05) is 33.0 Å². The van der Waals surface area contributed by atoms with E-state index >= 15 is 0 Å². The highest BCUT2D eigenvalue weighted by molar-refractivity contribution is 5.81. The van der Waals surface area contributed by atoms with Gasteiger partial charge in [-0.2, -0.15) is 0 Å². The van der Waals surface area contributed by atoms with Gasteiger partial charge >= 0.3 is 30.5 Å². The van der Waals surface area contributed by atoms with E-state index in [4.69, 9.17) is 52.1 Å². The van der Waals surface area contributed by atoms with E-state index in [1.54, 1.807) is 104 Å². The van der Waals surface area contributed by atoms with E-state index in [1.165, 1.54) is 11.9 Å². The van der Waals surface area contributed by atoms with E-state index < -0.39 is 156 Å². The molecule has 2 aliphatic carbocycles. The molecule has 0 aromatic carbocycles. The molecule has 14 atom stereocenters. The van der Waals surface area contributed by atoms with E-state index in [1.807, 2.05) is 0 Å². The van der Waals surface area contributed by atoms with Crippen molar-refractivity contribution in [3.63, 3.8) is 0 Å². The zero-order valence-corrected chi connectivity index (χ0v) is 49.8. The van der Waals surface area contributed by atoms with Crippen molar-refractivity contribution in [3.8, 4) is 0 Å². The van der Waals surface area contributed by atoms with Crippen LogP contribution in [0.1, 0.15) is 162 Å². The highest BCUT2D eigenvalue weighted by Crippen LogP contribution is 2.42. The van der Waals surface area contributed by atoms with Crippen LogP contribution in [0.4, 0.5) is 24.0 Å². The number of carbonyl (C=O) groups excluding carboxylic acids is 6. The van der Waals surface area contributed by atoms with Gasteiger partial charge in [0.1, 0.15) is 70.7 Å². The molecule has 3 aliphatic heterocycles. The van der Waals surface area contributed by atoms with Crippen molar-refractivity contribution in [2.45, 2.75) is 281 Å². The van der Waals surface area contributed by atoms with E-state index in [0.717, 1.165) is 19.3 Å². The van der Waals surface area contributed by atoms with Gasteiger partial charge in [-0.05, 0) is 142 Å². The first kappa shape index (κ1) is 66.3. The molecule has 460 valence electrons. The second-order valence-corrected chi connectivity index (χ2v) is 26.4. The molecule has 0 radical (unpaired) electrons. The Morgan fingerprint density at radius 1 is 0.613 bits per heavy atom. The third kappa shape index (κ3) is 20.7. The van der Waals surface area contributed by atoms with Crippen molar-refractivity contribution in [2.24, 2.45) is 0 Å². The standard InChI is InChI=1S/C54H94N6O20/c1-49(2,3)76-44(65)55-25-22-33(61)41(64)56-31-26-32(58-46(67)78-51(7,8)9)39(73-42-30(57-45(66)77-50(4,5)6)21-20-29(71-42)27-60(16)48(69)80-53(13,14)15)37(63)38(31)74-43-36(62)35(59-47(68)79-52(10,11)12)40-34(72-43)28-70-54(75-40)23-18-17-19-24-54/h29-40,42-43,61-63H,17-28H2,1-16H3,(H,55,65)(H,56,64)(H,57,66)(H,58,67)(H,59,68)/t29?,30?,31-,32-,33+,34?,35-,36?,37?,38+,39?,40-,42-,43-/m1/s1. The van der Waals surface area contributed by atoms with Crippen LogP contribution in [0.5, 0.6) is 0 Å². The second-order valence-electron chi connectivity index (χ2n) is 26.4. The number of carbonyl (C=O) groups is 6. The Morgan fingerprint density at radius 3 is 1.66 bits per heavy atom. The predicted molar refractivity (Wildman–Crippen MR) is 285 cm³/mol. The maximum atomic E-state index is 14.1. The van der Waals surface area contributed by atoms with Gasteiger partial charge in [-0.1, -0.05) is 6.42 Å². The quantitative estimate of drug-likeness (QED) is 0.111. The maximum Gasteiger partial charge on any atom is 0.410 e. The van der Waals surface area contributed by atoms with Crippen molar-refractivity contribution in [2.75, 3.05) is 26.7 Å². The fraction of sp³-hybridized carbons (Fsp3) is 0.889. The summed E-state index contributed by atoms with van der Waals surface area (Å²) < 4.78 is 67.1. The van der Waals surface area contributed by atoms with Crippen LogP contribution in [0, 0.1) is 0 Å². The van der Waals surface area contributed by atoms with Gasteiger partial charge in [0.05, 0.1) is 36.9 Å². The number of likely N-dealkylation sites (N-methyl/N-ethyl adjacent to an activating group) is 1. The molecule has 8 N–H and O–H groups in total. The van der Waals surface area contributed by atoms with Crippen LogP contribution in [-0.2, 0) is 56.9 Å². The lowest BCUT2D eigenvalue weighted by atomic mass is 9.83. The molecule has 5 rings (SSSR count). The molecule has 6 unspecified atom stereocenters. The van der Waals surface area contributed by atoms with Crippen molar-refractivity contribution in [3.05, 3.63) is 0 Å². The Balaban J connectivity index is 1.55. The Labute approximate surface area is 470 Å². The topological polar surface area (TPSA) is 328 Å². The molecule has 0 aromatic rings. The van der Waals surface area contributed by atoms with Crippen LogP contribution in [0.2, 0.25) is 0 Å². The molecule has 1 spiro atoms. The summed E-state index contributed by atoms with van der Waals surface area (Å²) >= 11 is 0. The van der Waals surface area contributed by atoms with Gasteiger partial charge < -0.3 is 98.9 Å². The number of fused-ring (bicyclic) bond motifs is 1. The number of aliphatic hydroxyl groups excluding tert-OH is 3. The first-order chi connectivity index (χ1) is 36.8. The fourth-order valence-corrected chi connectivity index (χ4v) is 9.88. The number of hydrogen-bond acceptors (Lipinski definition) is 20. The Kier molecular flexibility index (Phi) is 22.2. The van der Waals surface area contributed by atoms with Gasteiger partial charge in [-0.25, -0.2) is 24.0 Å². The number of nitrogens with zero attached hydrogens (tertiary/aromatic N) is 1. The molecule has 3 saturated heterocycles. The summed E-state index contributed by atoms with van der Waals surface area (Å²) in [4.78, 5) is 81.8. The van der Waals surface area contributed by atoms with E-state index in [9.17, 15) is 44.1 Å². The van der Waals surface area contributed by atoms with Crippen LogP contribution < -0.4 is 26.6 Å². The number of aliphatic hydroxyl groups is 3. The minimum atomic E-state index is -1.93. The zero-order valence-electron chi connectivity index (χ0n) is 49.8. The van der Waals surface area contributed by atoms with Gasteiger partial charge in [0.2, 0.25) is 5.91 Å². The number of ether oxygens (including phenoxy) is 11. The lowest BCUT2D eigenvalue weighted by Gasteiger charge is -2.54. The third-order valence-corrected chi connectivity index (χ3v) is 13.2. The molecule has 2 saturated carbocycles. The van der Waals surface area contributed by atoms with Crippen LogP contribution in [0.25, 0.3) is 0 Å². The SMILES string of the molecule is CN(CC1CCC(NC(=O)OC(C)(C)C)[C@@H](OC2C(O)[C@@H](O[C@H]3OC4COC5(CCCCC5)O[C@H]4[C@H](NC(=O)OC(C)(C)C)C3O)[C@H](NC(=O)[C@@H](O)CCNC(=O)OC(C)(C)C)C[C@H]2NC(=O)OC(C)(C)C)O1)C(=O)OC(C)(C)C. The Bertz CT molecular complexity index is 2100. The summed E-state index contributed by atoms with van der Waals surface area (Å²) in [5.74, 6) is -1.99. The van der Waals surface area contributed by atoms with Gasteiger partial charge in [0.15, 0.2) is 18.4 Å². The lowest BCUT2D eigenvalue weighted by molar-refractivity contribution is -0.389. The summed E-state index contributed by atoms with van der Waals surface area (Å²) in [5, 5.41) is 50.1. The van der Waals surface area contributed by atoms with Gasteiger partial charge in [-0.3, -0.25) is 4.79 Å². The van der Waals surface area contributed by atoms with Crippen LogP contribution >= 0.6 is 0 Å². The average molecular weight is 1150 g/mol. The maximum absolute atomic E-state index is 14.1. The lowest BCUT2D eigenvalue weighted by Crippen LogP contribution is -2.72. The minimum Gasteiger partial charge on any atom is -0.444 e. The zero-order chi connectivity index (χ0) is 59.9. The van der Waals surface area contributed by atoms with Crippen molar-refractivity contribution in [1.29, 1.82) is 0 Å². The predicted octanol–water partition coefficient (Wildman–Crippen LogP) is 4.50. The largest absolute Gasteiger partial charge is 0.444 e. The first-order valence-electron chi connectivity index (χ1n) is 28.0. The molecule has 0 bridgehead atoms. The molecule has 26 heteroatoms. The molecule has 0 aromatic heterocycles. The van der Waals surface area contributed by atoms with Gasteiger partial charge in [0.25, 0.3) is 0 Å². The monoisotopic (exact) mass is 1150 g/mol. The third-order valence-electron chi connectivity index (χ3n) is 13.2. The molecular weight excluding hydrogens is 1050 g/mol. The summed E-state index contributed by atoms with van der Waals surface area (Å²) in [7, 11) is 1.53. The minimum absolute atomic E-state index is 0.00230. The Hall–Kier alpha value is -4.54. The smallest absolute Gasteiger partial charge is 0.410 e. The molecule has 26 nitrogen and oxygen atoms in total. The van der Waals surface area contributed by atoms with Crippen molar-refractivity contribution >= 4 is 36.4 Å². The average Bonchev–Trinajstić information content (AvgIpc) is 3.28. The number of amides is 6. The highest BCUT2D eigenvalue weighted by Gasteiger charge is 2.57. The normalized spacial score (nSPS) is 30.5. The van der Waals surface area contributed by atoms with E-state index in [0.29, 0.717) is 19.3 Å².